The molecule has 0 fully saturated rings. The molecule has 0 unspecified atom stereocenters. The van der Waals surface area contributed by atoms with Crippen LogP contribution in [0.2, 0.25) is 0 Å². The van der Waals surface area contributed by atoms with Crippen molar-refractivity contribution in [2.45, 2.75) is 25.7 Å². The smallest absolute Gasteiger partial charge is 1.00 e. The third-order valence-electron chi connectivity index (χ3n) is 1.95. The van der Waals surface area contributed by atoms with E-state index in [0.717, 1.165) is 0 Å². The van der Waals surface area contributed by atoms with Crippen LogP contribution in [-0.4, -0.2) is 112 Å². The SMILES string of the molecule is NCCCC(=O)OC(=O)/C=C/C(=O)OC(=O)CCCN.[Ca+2].[Ca+2].[H-].[H-].[H-].[H-]. The number of rotatable bonds is 8. The molecule has 8 nitrogen and oxygen atoms in total. The molecule has 0 atom stereocenters. The van der Waals surface area contributed by atoms with E-state index in [4.69, 9.17) is 11.5 Å². The first-order chi connectivity index (χ1) is 9.49. The summed E-state index contributed by atoms with van der Waals surface area (Å²) in [5, 5.41) is 0. The third kappa shape index (κ3) is 16.8. The Morgan fingerprint density at radius 2 is 1.09 bits per heavy atom. The van der Waals surface area contributed by atoms with Crippen molar-refractivity contribution in [2.75, 3.05) is 13.1 Å². The molecule has 0 bridgehead atoms. The molecule has 4 N–H and O–H groups in total. The van der Waals surface area contributed by atoms with Gasteiger partial charge in [-0.1, -0.05) is 0 Å². The first kappa shape index (κ1) is 27.3. The Bertz CT molecular complexity index is 381. The molecule has 0 amide bonds. The van der Waals surface area contributed by atoms with Crippen LogP contribution in [0.3, 0.4) is 0 Å². The van der Waals surface area contributed by atoms with Crippen molar-refractivity contribution in [3.63, 3.8) is 0 Å². The molecule has 0 aliphatic rings. The van der Waals surface area contributed by atoms with Gasteiger partial charge in [-0.15, -0.1) is 0 Å². The molecular weight excluding hydrogens is 348 g/mol. The van der Waals surface area contributed by atoms with Crippen LogP contribution in [0, 0.1) is 0 Å². The van der Waals surface area contributed by atoms with Crippen LogP contribution in [0.4, 0.5) is 0 Å². The van der Waals surface area contributed by atoms with Crippen molar-refractivity contribution in [1.29, 1.82) is 0 Å². The van der Waals surface area contributed by atoms with Gasteiger partial charge in [0.15, 0.2) is 0 Å². The van der Waals surface area contributed by atoms with Gasteiger partial charge in [0.2, 0.25) is 0 Å². The summed E-state index contributed by atoms with van der Waals surface area (Å²) in [5.41, 5.74) is 10.4. The van der Waals surface area contributed by atoms with Gasteiger partial charge in [-0.05, 0) is 25.9 Å². The first-order valence-corrected chi connectivity index (χ1v) is 6.07. The van der Waals surface area contributed by atoms with Crippen LogP contribution in [0.25, 0.3) is 0 Å². The van der Waals surface area contributed by atoms with Gasteiger partial charge < -0.3 is 26.6 Å². The summed E-state index contributed by atoms with van der Waals surface area (Å²) in [6, 6.07) is 0. The molecule has 0 aliphatic carbocycles. The average Bonchev–Trinajstić information content (AvgIpc) is 2.40. The summed E-state index contributed by atoms with van der Waals surface area (Å²) in [6.07, 6.45) is 2.23. The summed E-state index contributed by atoms with van der Waals surface area (Å²) in [5.74, 6) is -3.51. The number of esters is 4. The molecule has 10 heteroatoms. The zero-order chi connectivity index (χ0) is 15.4. The van der Waals surface area contributed by atoms with Gasteiger partial charge in [0.1, 0.15) is 0 Å². The van der Waals surface area contributed by atoms with Crippen molar-refractivity contribution in [3.05, 3.63) is 12.2 Å². The van der Waals surface area contributed by atoms with Crippen molar-refractivity contribution in [3.8, 4) is 0 Å². The van der Waals surface area contributed by atoms with E-state index in [-0.39, 0.29) is 94.0 Å². The number of hydrogen-bond acceptors (Lipinski definition) is 8. The number of carbonyl (C=O) groups excluding carboxylic acids is 4. The van der Waals surface area contributed by atoms with E-state index in [9.17, 15) is 19.2 Å². The Balaban J connectivity index is -0.000000120. The van der Waals surface area contributed by atoms with Gasteiger partial charge >= 0.3 is 99.4 Å². The predicted molar refractivity (Wildman–Crippen MR) is 83.9 cm³/mol. The fourth-order valence-corrected chi connectivity index (χ4v) is 1.02. The van der Waals surface area contributed by atoms with E-state index in [1.165, 1.54) is 0 Å². The van der Waals surface area contributed by atoms with Gasteiger partial charge in [-0.2, -0.15) is 0 Å². The molecule has 0 aromatic carbocycles. The second kappa shape index (κ2) is 17.8. The summed E-state index contributed by atoms with van der Waals surface area (Å²) in [7, 11) is 0. The molecule has 0 radical (unpaired) electrons. The Morgan fingerprint density at radius 1 is 0.773 bits per heavy atom. The maximum absolute atomic E-state index is 11.1. The first-order valence-electron chi connectivity index (χ1n) is 6.07. The monoisotopic (exact) mass is 370 g/mol. The van der Waals surface area contributed by atoms with E-state index < -0.39 is 23.9 Å². The van der Waals surface area contributed by atoms with Gasteiger partial charge in [0.05, 0.1) is 0 Å². The predicted octanol–water partition coefficient (Wildman–Crippen LogP) is -1.15. The van der Waals surface area contributed by atoms with E-state index in [2.05, 4.69) is 9.47 Å². The summed E-state index contributed by atoms with van der Waals surface area (Å²) in [6.45, 7) is 0.604. The Kier molecular flexibility index (Phi) is 22.1. The van der Waals surface area contributed by atoms with Crippen molar-refractivity contribution < 1.29 is 34.4 Å². The average molecular weight is 370 g/mol. The number of hydrogen-bond donors (Lipinski definition) is 2. The molecule has 120 valence electrons. The van der Waals surface area contributed by atoms with Gasteiger partial charge in [0.25, 0.3) is 0 Å². The molecule has 0 rings (SSSR count). The zero-order valence-electron chi connectivity index (χ0n) is 16.4. The van der Waals surface area contributed by atoms with E-state index >= 15 is 0 Å². The summed E-state index contributed by atoms with van der Waals surface area (Å²) in [4.78, 5) is 44.3. The molecule has 0 aromatic rings. The fourth-order valence-electron chi connectivity index (χ4n) is 1.02. The molecular formula is C12H22Ca2N2O6. The van der Waals surface area contributed by atoms with Crippen molar-refractivity contribution >= 4 is 99.4 Å². The zero-order valence-corrected chi connectivity index (χ0v) is 16.8. The minimum absolute atomic E-state index is 0. The van der Waals surface area contributed by atoms with Crippen LogP contribution < -0.4 is 11.5 Å². The normalized spacial score (nSPS) is 9.36. The number of nitrogens with two attached hydrogens (primary N) is 2. The molecule has 0 saturated carbocycles. The van der Waals surface area contributed by atoms with Crippen LogP contribution in [-0.2, 0) is 28.7 Å². The third-order valence-corrected chi connectivity index (χ3v) is 1.95. The minimum Gasteiger partial charge on any atom is -1.00 e. The maximum Gasteiger partial charge on any atom is 2.00 e. The molecule has 0 heterocycles. The van der Waals surface area contributed by atoms with E-state index in [1.807, 2.05) is 0 Å². The van der Waals surface area contributed by atoms with Crippen LogP contribution in [0.5, 0.6) is 0 Å². The standard InChI is InChI=1S/C12H18N2O6.2Ca.4H/c13-7-1-3-9(15)19-11(17)5-6-12(18)20-10(16)4-2-8-14;;;;;;/h5-6H,1-4,7-8,13-14H2;;;;;;/q;2*+2;4*-1/b6-5+;;;;;;. The Hall–Kier alpha value is 0.459. The second-order valence-electron chi connectivity index (χ2n) is 3.70. The maximum atomic E-state index is 11.1. The van der Waals surface area contributed by atoms with Crippen LogP contribution in [0.1, 0.15) is 31.4 Å². The Morgan fingerprint density at radius 3 is 1.36 bits per heavy atom. The van der Waals surface area contributed by atoms with E-state index in [1.54, 1.807) is 0 Å². The number of ether oxygens (including phenoxy) is 2. The quantitative estimate of drug-likeness (QED) is 0.236. The van der Waals surface area contributed by atoms with Gasteiger partial charge in [-0.25, -0.2) is 9.59 Å². The molecule has 0 aromatic heterocycles. The minimum atomic E-state index is -1.02. The summed E-state index contributed by atoms with van der Waals surface area (Å²) < 4.78 is 8.69. The molecule has 0 aliphatic heterocycles. The van der Waals surface area contributed by atoms with Crippen molar-refractivity contribution in [1.82, 2.24) is 0 Å². The summed E-state index contributed by atoms with van der Waals surface area (Å²) >= 11 is 0. The van der Waals surface area contributed by atoms with Crippen LogP contribution >= 0.6 is 0 Å². The molecule has 0 saturated heterocycles. The van der Waals surface area contributed by atoms with Crippen LogP contribution in [0.15, 0.2) is 12.2 Å². The van der Waals surface area contributed by atoms with Gasteiger partial charge in [0, 0.05) is 25.0 Å². The topological polar surface area (TPSA) is 139 Å². The Labute approximate surface area is 194 Å². The molecule has 0 spiro atoms. The van der Waals surface area contributed by atoms with Gasteiger partial charge in [-0.3, -0.25) is 9.59 Å². The number of carbonyl (C=O) groups is 4. The largest absolute Gasteiger partial charge is 2.00 e. The van der Waals surface area contributed by atoms with E-state index in [0.29, 0.717) is 38.1 Å². The van der Waals surface area contributed by atoms with Crippen molar-refractivity contribution in [2.24, 2.45) is 11.5 Å². The molecule has 22 heavy (non-hydrogen) atoms. The fraction of sp³-hybridized carbons (Fsp3) is 0.500. The second-order valence-corrected chi connectivity index (χ2v) is 3.70.